The second-order valence-corrected chi connectivity index (χ2v) is 8.04. The Bertz CT molecular complexity index is 1390. The Balaban J connectivity index is 1.69. The molecule has 0 aromatic heterocycles. The number of phenolic OH excluding ortho intramolecular Hbond substituents is 2. The first kappa shape index (κ1) is 18.5. The van der Waals surface area contributed by atoms with Crippen molar-refractivity contribution in [2.45, 2.75) is 12.0 Å². The van der Waals surface area contributed by atoms with Crippen molar-refractivity contribution in [3.05, 3.63) is 118 Å². The van der Waals surface area contributed by atoms with Crippen LogP contribution in [0.25, 0.3) is 0 Å². The van der Waals surface area contributed by atoms with Gasteiger partial charge in [0, 0.05) is 23.3 Å². The van der Waals surface area contributed by atoms with Gasteiger partial charge in [-0.25, -0.2) is 4.79 Å². The molecule has 2 aliphatic rings. The number of carbonyl (C=O) groups is 1. The average Bonchev–Trinajstić information content (AvgIpc) is 3.07. The number of aromatic hydroxyl groups is 2. The van der Waals surface area contributed by atoms with Crippen LogP contribution in [-0.2, 0) is 16.8 Å². The Hall–Kier alpha value is -4.25. The summed E-state index contributed by atoms with van der Waals surface area (Å²) in [5.74, 6) is 0.415. The van der Waals surface area contributed by atoms with Gasteiger partial charge in [0.25, 0.3) is 0 Å². The molecule has 5 nitrogen and oxygen atoms in total. The fraction of sp³-hybridized carbons (Fsp3) is 0.0741. The van der Waals surface area contributed by atoms with E-state index in [-0.39, 0.29) is 11.5 Å². The van der Waals surface area contributed by atoms with Gasteiger partial charge in [0.15, 0.2) is 5.60 Å². The van der Waals surface area contributed by atoms with Gasteiger partial charge < -0.3 is 19.7 Å². The fourth-order valence-electron chi connectivity index (χ4n) is 4.83. The van der Waals surface area contributed by atoms with Crippen molar-refractivity contribution >= 4 is 5.97 Å². The zero-order valence-corrected chi connectivity index (χ0v) is 16.9. The minimum atomic E-state index is -1.25. The van der Waals surface area contributed by atoms with Gasteiger partial charge in [-0.05, 0) is 41.8 Å². The minimum absolute atomic E-state index is 0.0321. The summed E-state index contributed by atoms with van der Waals surface area (Å²) in [4.78, 5) is 13.0. The Morgan fingerprint density at radius 1 is 0.750 bits per heavy atom. The van der Waals surface area contributed by atoms with E-state index in [4.69, 9.17) is 9.47 Å². The zero-order chi connectivity index (χ0) is 21.9. The Morgan fingerprint density at radius 2 is 1.50 bits per heavy atom. The number of rotatable bonds is 2. The van der Waals surface area contributed by atoms with Crippen LogP contribution in [0, 0.1) is 0 Å². The summed E-state index contributed by atoms with van der Waals surface area (Å²) in [6.07, 6.45) is 0.510. The van der Waals surface area contributed by atoms with Gasteiger partial charge in [-0.1, -0.05) is 48.5 Å². The highest BCUT2D eigenvalue weighted by atomic mass is 16.6. The van der Waals surface area contributed by atoms with Crippen LogP contribution in [0.3, 0.4) is 0 Å². The molecule has 0 amide bonds. The third-order valence-electron chi connectivity index (χ3n) is 6.09. The van der Waals surface area contributed by atoms with Crippen molar-refractivity contribution in [2.24, 2.45) is 0 Å². The maximum absolute atomic E-state index is 13.0. The third kappa shape index (κ3) is 2.54. The van der Waals surface area contributed by atoms with E-state index >= 15 is 0 Å². The van der Waals surface area contributed by atoms with Crippen LogP contribution in [0.15, 0.2) is 84.9 Å². The second-order valence-electron chi connectivity index (χ2n) is 8.04. The largest absolute Gasteiger partial charge is 0.508 e. The van der Waals surface area contributed by atoms with Crippen LogP contribution in [0.2, 0.25) is 0 Å². The average molecular weight is 422 g/mol. The molecule has 0 bridgehead atoms. The summed E-state index contributed by atoms with van der Waals surface area (Å²) >= 11 is 0. The third-order valence-corrected chi connectivity index (χ3v) is 6.09. The molecule has 6 rings (SSSR count). The molecule has 0 saturated carbocycles. The summed E-state index contributed by atoms with van der Waals surface area (Å²) in [5, 5.41) is 20.6. The highest BCUT2D eigenvalue weighted by Gasteiger charge is 2.54. The standard InChI is InChI=1S/C27H18O5/c28-18-10-11-22-23(14-18)31-24-15-19(29)13-17(12-16-6-2-1-3-7-16)25(24)27(22)21-9-5-4-8-20(21)26(30)32-27/h1-11,13-15,28-29H,12H2. The van der Waals surface area contributed by atoms with Crippen LogP contribution in [0.1, 0.15) is 38.2 Å². The molecule has 2 heterocycles. The monoisotopic (exact) mass is 422 g/mol. The van der Waals surface area contributed by atoms with Gasteiger partial charge in [-0.2, -0.15) is 0 Å². The number of hydrogen-bond donors (Lipinski definition) is 2. The molecule has 1 spiro atoms. The molecule has 2 N–H and O–H groups in total. The molecule has 0 radical (unpaired) electrons. The molecule has 4 aromatic carbocycles. The lowest BCUT2D eigenvalue weighted by Gasteiger charge is -2.38. The number of carbonyl (C=O) groups excluding carboxylic acids is 1. The number of hydrogen-bond acceptors (Lipinski definition) is 5. The van der Waals surface area contributed by atoms with E-state index in [1.54, 1.807) is 30.3 Å². The molecule has 0 saturated heterocycles. The van der Waals surface area contributed by atoms with Crippen LogP contribution >= 0.6 is 0 Å². The first-order chi connectivity index (χ1) is 15.6. The number of benzene rings is 4. The van der Waals surface area contributed by atoms with Crippen molar-refractivity contribution < 1.29 is 24.5 Å². The SMILES string of the molecule is O=C1OC2(c3ccc(O)cc3Oc3cc(O)cc(Cc4ccccc4)c32)c2ccccc21. The van der Waals surface area contributed by atoms with E-state index in [1.807, 2.05) is 42.5 Å². The number of phenols is 2. The van der Waals surface area contributed by atoms with Crippen molar-refractivity contribution in [1.29, 1.82) is 0 Å². The van der Waals surface area contributed by atoms with E-state index in [2.05, 4.69) is 0 Å². The minimum Gasteiger partial charge on any atom is -0.508 e. The first-order valence-electron chi connectivity index (χ1n) is 10.3. The van der Waals surface area contributed by atoms with Crippen LogP contribution in [0.5, 0.6) is 23.0 Å². The molecule has 0 fully saturated rings. The predicted molar refractivity (Wildman–Crippen MR) is 117 cm³/mol. The molecule has 1 atom stereocenters. The van der Waals surface area contributed by atoms with Gasteiger partial charge in [0.05, 0.1) is 11.1 Å². The summed E-state index contributed by atoms with van der Waals surface area (Å²) in [7, 11) is 0. The molecule has 32 heavy (non-hydrogen) atoms. The molecule has 5 heteroatoms. The Kier molecular flexibility index (Phi) is 3.83. The molecule has 0 aliphatic carbocycles. The van der Waals surface area contributed by atoms with Gasteiger partial charge in [0.1, 0.15) is 23.0 Å². The van der Waals surface area contributed by atoms with Crippen molar-refractivity contribution in [1.82, 2.24) is 0 Å². The van der Waals surface area contributed by atoms with E-state index in [9.17, 15) is 15.0 Å². The van der Waals surface area contributed by atoms with Gasteiger partial charge in [-0.3, -0.25) is 0 Å². The summed E-state index contributed by atoms with van der Waals surface area (Å²) in [6.45, 7) is 0. The lowest BCUT2D eigenvalue weighted by molar-refractivity contribution is 0.0221. The van der Waals surface area contributed by atoms with Crippen LogP contribution in [0.4, 0.5) is 0 Å². The maximum atomic E-state index is 13.0. The molecule has 4 aromatic rings. The Labute approximate surface area is 184 Å². The van der Waals surface area contributed by atoms with E-state index in [0.29, 0.717) is 40.2 Å². The van der Waals surface area contributed by atoms with Crippen LogP contribution < -0.4 is 4.74 Å². The number of ether oxygens (including phenoxy) is 2. The topological polar surface area (TPSA) is 76.0 Å². The van der Waals surface area contributed by atoms with Gasteiger partial charge >= 0.3 is 5.97 Å². The summed E-state index contributed by atoms with van der Waals surface area (Å²) < 4.78 is 12.3. The lowest BCUT2D eigenvalue weighted by atomic mass is 9.75. The lowest BCUT2D eigenvalue weighted by Crippen LogP contribution is -2.34. The smallest absolute Gasteiger partial charge is 0.340 e. The van der Waals surface area contributed by atoms with Gasteiger partial charge in [-0.15, -0.1) is 0 Å². The maximum Gasteiger partial charge on any atom is 0.340 e. The zero-order valence-electron chi connectivity index (χ0n) is 16.9. The normalized spacial score (nSPS) is 17.8. The van der Waals surface area contributed by atoms with Crippen molar-refractivity contribution in [3.8, 4) is 23.0 Å². The van der Waals surface area contributed by atoms with Crippen LogP contribution in [-0.4, -0.2) is 16.2 Å². The number of esters is 1. The van der Waals surface area contributed by atoms with Gasteiger partial charge in [0.2, 0.25) is 0 Å². The molecule has 2 aliphatic heterocycles. The van der Waals surface area contributed by atoms with Crippen molar-refractivity contribution in [3.63, 3.8) is 0 Å². The highest BCUT2D eigenvalue weighted by molar-refractivity contribution is 5.97. The number of fused-ring (bicyclic) bond motifs is 6. The summed E-state index contributed by atoms with van der Waals surface area (Å²) in [5.41, 5.74) is 3.08. The van der Waals surface area contributed by atoms with E-state index in [1.165, 1.54) is 12.1 Å². The molecule has 156 valence electrons. The quantitative estimate of drug-likeness (QED) is 0.431. The first-order valence-corrected chi connectivity index (χ1v) is 10.3. The fourth-order valence-corrected chi connectivity index (χ4v) is 4.83. The summed E-state index contributed by atoms with van der Waals surface area (Å²) in [6, 6.07) is 25.2. The molecule has 1 unspecified atom stereocenters. The molecular weight excluding hydrogens is 404 g/mol. The second kappa shape index (κ2) is 6.62. The van der Waals surface area contributed by atoms with E-state index in [0.717, 1.165) is 11.1 Å². The van der Waals surface area contributed by atoms with E-state index < -0.39 is 11.6 Å². The predicted octanol–water partition coefficient (Wildman–Crippen LogP) is 5.26. The molecular formula is C27H18O5. The highest BCUT2D eigenvalue weighted by Crippen LogP contribution is 2.58. The van der Waals surface area contributed by atoms with Crippen molar-refractivity contribution in [2.75, 3.05) is 0 Å². The Morgan fingerprint density at radius 3 is 2.34 bits per heavy atom.